The number of aromatic nitrogens is 2. The third-order valence-electron chi connectivity index (χ3n) is 3.99. The molecule has 6 heteroatoms. The number of benzene rings is 1. The smallest absolute Gasteiger partial charge is 0.194 e. The lowest BCUT2D eigenvalue weighted by Crippen LogP contribution is -2.52. The number of hydrogen-bond acceptors (Lipinski definition) is 3. The SMILES string of the molecule is CCNC(=NCc1ccn[nH]1)N1CCN(c2ccccc2)CC1. The predicted octanol–water partition coefficient (Wildman–Crippen LogP) is 1.70. The van der Waals surface area contributed by atoms with Gasteiger partial charge < -0.3 is 15.1 Å². The molecule has 0 radical (unpaired) electrons. The molecular weight excluding hydrogens is 288 g/mol. The van der Waals surface area contributed by atoms with Gasteiger partial charge in [0.1, 0.15) is 0 Å². The lowest BCUT2D eigenvalue weighted by atomic mass is 10.2. The molecule has 3 rings (SSSR count). The molecule has 6 nitrogen and oxygen atoms in total. The Balaban J connectivity index is 1.60. The molecule has 0 atom stereocenters. The molecule has 0 spiro atoms. The third kappa shape index (κ3) is 4.03. The van der Waals surface area contributed by atoms with Gasteiger partial charge in [0.05, 0.1) is 12.2 Å². The first-order valence-corrected chi connectivity index (χ1v) is 8.18. The second kappa shape index (κ2) is 7.67. The molecule has 1 aromatic heterocycles. The number of rotatable bonds is 4. The quantitative estimate of drug-likeness (QED) is 0.666. The summed E-state index contributed by atoms with van der Waals surface area (Å²) >= 11 is 0. The molecule has 0 saturated carbocycles. The van der Waals surface area contributed by atoms with Gasteiger partial charge in [-0.1, -0.05) is 18.2 Å². The van der Waals surface area contributed by atoms with Crippen LogP contribution in [0.5, 0.6) is 0 Å². The Hall–Kier alpha value is -2.50. The molecule has 122 valence electrons. The molecule has 1 aliphatic heterocycles. The van der Waals surface area contributed by atoms with Crippen molar-refractivity contribution in [3.05, 3.63) is 48.3 Å². The number of nitrogens with zero attached hydrogens (tertiary/aromatic N) is 4. The van der Waals surface area contributed by atoms with Crippen LogP contribution in [0.1, 0.15) is 12.6 Å². The van der Waals surface area contributed by atoms with E-state index < -0.39 is 0 Å². The molecule has 0 bridgehead atoms. The molecule has 0 aliphatic carbocycles. The van der Waals surface area contributed by atoms with E-state index in [0.717, 1.165) is 44.4 Å². The van der Waals surface area contributed by atoms with Crippen molar-refractivity contribution in [2.75, 3.05) is 37.6 Å². The summed E-state index contributed by atoms with van der Waals surface area (Å²) in [6.07, 6.45) is 1.76. The molecular formula is C17H24N6. The summed E-state index contributed by atoms with van der Waals surface area (Å²) in [7, 11) is 0. The highest BCUT2D eigenvalue weighted by molar-refractivity contribution is 5.80. The Morgan fingerprint density at radius 3 is 2.61 bits per heavy atom. The maximum absolute atomic E-state index is 4.72. The van der Waals surface area contributed by atoms with Gasteiger partial charge in [-0.05, 0) is 25.1 Å². The van der Waals surface area contributed by atoms with Gasteiger partial charge in [0.2, 0.25) is 0 Å². The van der Waals surface area contributed by atoms with E-state index in [2.05, 4.69) is 62.6 Å². The number of para-hydroxylation sites is 1. The molecule has 0 unspecified atom stereocenters. The van der Waals surface area contributed by atoms with Crippen molar-refractivity contribution in [1.29, 1.82) is 0 Å². The number of anilines is 1. The highest BCUT2D eigenvalue weighted by Gasteiger charge is 2.19. The molecule has 1 aromatic carbocycles. The molecule has 1 aliphatic rings. The maximum atomic E-state index is 4.72. The lowest BCUT2D eigenvalue weighted by Gasteiger charge is -2.37. The van der Waals surface area contributed by atoms with Gasteiger partial charge in [-0.15, -0.1) is 0 Å². The van der Waals surface area contributed by atoms with E-state index in [0.29, 0.717) is 6.54 Å². The Kier molecular flexibility index (Phi) is 5.13. The van der Waals surface area contributed by atoms with Gasteiger partial charge in [0.25, 0.3) is 0 Å². The fraction of sp³-hybridized carbons (Fsp3) is 0.412. The van der Waals surface area contributed by atoms with Crippen LogP contribution in [0.25, 0.3) is 0 Å². The number of guanidine groups is 1. The summed E-state index contributed by atoms with van der Waals surface area (Å²) in [6.45, 7) is 7.58. The van der Waals surface area contributed by atoms with Crippen LogP contribution in [-0.4, -0.2) is 53.8 Å². The van der Waals surface area contributed by atoms with Gasteiger partial charge in [-0.3, -0.25) is 5.10 Å². The summed E-state index contributed by atoms with van der Waals surface area (Å²) in [5.74, 6) is 0.981. The van der Waals surface area contributed by atoms with Gasteiger partial charge in [-0.2, -0.15) is 5.10 Å². The maximum Gasteiger partial charge on any atom is 0.194 e. The van der Waals surface area contributed by atoms with Crippen molar-refractivity contribution in [2.45, 2.75) is 13.5 Å². The van der Waals surface area contributed by atoms with E-state index in [1.54, 1.807) is 6.20 Å². The zero-order chi connectivity index (χ0) is 15.9. The molecule has 1 saturated heterocycles. The normalized spacial score (nSPS) is 15.8. The minimum Gasteiger partial charge on any atom is -0.368 e. The van der Waals surface area contributed by atoms with Crippen LogP contribution in [0.2, 0.25) is 0 Å². The number of aliphatic imine (C=N–C) groups is 1. The minimum absolute atomic E-state index is 0.626. The molecule has 23 heavy (non-hydrogen) atoms. The number of piperazine rings is 1. The van der Waals surface area contributed by atoms with Gasteiger partial charge >= 0.3 is 0 Å². The average molecular weight is 312 g/mol. The Bertz CT molecular complexity index is 599. The number of nitrogens with one attached hydrogen (secondary N) is 2. The first-order valence-electron chi connectivity index (χ1n) is 8.18. The van der Waals surface area contributed by atoms with Crippen LogP contribution >= 0.6 is 0 Å². The van der Waals surface area contributed by atoms with Gasteiger partial charge in [0, 0.05) is 44.6 Å². The van der Waals surface area contributed by atoms with Crippen molar-refractivity contribution in [3.8, 4) is 0 Å². The second-order valence-electron chi connectivity index (χ2n) is 5.56. The van der Waals surface area contributed by atoms with E-state index >= 15 is 0 Å². The summed E-state index contributed by atoms with van der Waals surface area (Å²) in [4.78, 5) is 9.48. The first-order chi connectivity index (χ1) is 11.4. The van der Waals surface area contributed by atoms with Crippen LogP contribution in [0.4, 0.5) is 5.69 Å². The Labute approximate surface area is 137 Å². The first kappa shape index (κ1) is 15.4. The summed E-state index contributed by atoms with van der Waals surface area (Å²) in [5, 5.41) is 10.3. The number of hydrogen-bond donors (Lipinski definition) is 2. The third-order valence-corrected chi connectivity index (χ3v) is 3.99. The standard InChI is InChI=1S/C17H24N6/c1-2-18-17(19-14-15-8-9-20-21-15)23-12-10-22(11-13-23)16-6-4-3-5-7-16/h3-9H,2,10-14H2,1H3,(H,18,19)(H,20,21). The van der Waals surface area contributed by atoms with Crippen molar-refractivity contribution >= 4 is 11.6 Å². The zero-order valence-electron chi connectivity index (χ0n) is 13.6. The molecule has 0 amide bonds. The minimum atomic E-state index is 0.626. The fourth-order valence-electron chi connectivity index (χ4n) is 2.77. The van der Waals surface area contributed by atoms with Crippen LogP contribution in [0.3, 0.4) is 0 Å². The van der Waals surface area contributed by atoms with Gasteiger partial charge in [-0.25, -0.2) is 4.99 Å². The van der Waals surface area contributed by atoms with E-state index in [-0.39, 0.29) is 0 Å². The van der Waals surface area contributed by atoms with Gasteiger partial charge in [0.15, 0.2) is 5.96 Å². The summed E-state index contributed by atoms with van der Waals surface area (Å²) < 4.78 is 0. The molecule has 1 fully saturated rings. The van der Waals surface area contributed by atoms with E-state index in [4.69, 9.17) is 4.99 Å². The zero-order valence-corrected chi connectivity index (χ0v) is 13.6. The number of H-pyrrole nitrogens is 1. The fourth-order valence-corrected chi connectivity index (χ4v) is 2.77. The lowest BCUT2D eigenvalue weighted by molar-refractivity contribution is 0.372. The monoisotopic (exact) mass is 312 g/mol. The topological polar surface area (TPSA) is 59.6 Å². The average Bonchev–Trinajstić information content (AvgIpc) is 3.13. The summed E-state index contributed by atoms with van der Waals surface area (Å²) in [5.41, 5.74) is 2.33. The van der Waals surface area contributed by atoms with E-state index in [1.165, 1.54) is 5.69 Å². The predicted molar refractivity (Wildman–Crippen MR) is 93.6 cm³/mol. The second-order valence-corrected chi connectivity index (χ2v) is 5.56. The molecule has 2 heterocycles. The van der Waals surface area contributed by atoms with Crippen LogP contribution < -0.4 is 10.2 Å². The Morgan fingerprint density at radius 1 is 1.17 bits per heavy atom. The summed E-state index contributed by atoms with van der Waals surface area (Å²) in [6, 6.07) is 12.6. The Morgan fingerprint density at radius 2 is 1.96 bits per heavy atom. The van der Waals surface area contributed by atoms with Crippen molar-refractivity contribution in [1.82, 2.24) is 20.4 Å². The van der Waals surface area contributed by atoms with Crippen molar-refractivity contribution in [3.63, 3.8) is 0 Å². The highest BCUT2D eigenvalue weighted by atomic mass is 15.3. The number of aromatic amines is 1. The van der Waals surface area contributed by atoms with Crippen LogP contribution in [0.15, 0.2) is 47.6 Å². The van der Waals surface area contributed by atoms with Crippen molar-refractivity contribution < 1.29 is 0 Å². The largest absolute Gasteiger partial charge is 0.368 e. The highest BCUT2D eigenvalue weighted by Crippen LogP contribution is 2.15. The van der Waals surface area contributed by atoms with Crippen molar-refractivity contribution in [2.24, 2.45) is 4.99 Å². The molecule has 2 aromatic rings. The van der Waals surface area contributed by atoms with E-state index in [9.17, 15) is 0 Å². The molecule has 2 N–H and O–H groups in total. The van der Waals surface area contributed by atoms with Crippen LogP contribution in [-0.2, 0) is 6.54 Å². The van der Waals surface area contributed by atoms with Crippen LogP contribution in [0, 0.1) is 0 Å². The van der Waals surface area contributed by atoms with E-state index in [1.807, 2.05) is 6.07 Å².